The Labute approximate surface area is 93.3 Å². The molecule has 0 unspecified atom stereocenters. The summed E-state index contributed by atoms with van der Waals surface area (Å²) in [5, 5.41) is 22.0. The Bertz CT molecular complexity index is 506. The zero-order valence-corrected chi connectivity index (χ0v) is 8.54. The molecule has 0 amide bonds. The fourth-order valence-corrected chi connectivity index (χ4v) is 1.54. The van der Waals surface area contributed by atoms with Crippen molar-refractivity contribution in [2.75, 3.05) is 0 Å². The summed E-state index contributed by atoms with van der Waals surface area (Å²) in [6.45, 7) is 0. The predicted octanol–water partition coefficient (Wildman–Crippen LogP) is 2.62. The normalized spacial score (nSPS) is 11.4. The second-order valence-electron chi connectivity index (χ2n) is 3.33. The number of hydrogen-bond donors (Lipinski definition) is 2. The molecule has 0 radical (unpaired) electrons. The van der Waals surface area contributed by atoms with Gasteiger partial charge in [-0.05, 0) is 12.1 Å². The maximum atomic E-state index is 9.68. The Balaban J connectivity index is 2.51. The van der Waals surface area contributed by atoms with E-state index < -0.39 is 0 Å². The molecule has 2 aromatic rings. The molecule has 0 aliphatic carbocycles. The van der Waals surface area contributed by atoms with Crippen molar-refractivity contribution in [3.8, 4) is 5.75 Å². The van der Waals surface area contributed by atoms with Crippen molar-refractivity contribution in [2.45, 2.75) is 0 Å². The van der Waals surface area contributed by atoms with Gasteiger partial charge in [0.1, 0.15) is 11.5 Å². The Morgan fingerprint density at radius 3 is 2.12 bits per heavy atom. The highest BCUT2D eigenvalue weighted by Crippen LogP contribution is 2.20. The van der Waals surface area contributed by atoms with Crippen LogP contribution in [0.4, 0.5) is 0 Å². The van der Waals surface area contributed by atoms with Crippen molar-refractivity contribution in [1.82, 2.24) is 0 Å². The Kier molecular flexibility index (Phi) is 2.87. The Hall–Kier alpha value is -2.29. The van der Waals surface area contributed by atoms with E-state index in [-0.39, 0.29) is 5.75 Å². The predicted molar refractivity (Wildman–Crippen MR) is 62.0 cm³/mol. The summed E-state index contributed by atoms with van der Waals surface area (Å²) in [4.78, 5) is 0. The van der Waals surface area contributed by atoms with E-state index in [2.05, 4.69) is 5.16 Å². The van der Waals surface area contributed by atoms with E-state index in [1.54, 1.807) is 24.3 Å². The minimum Gasteiger partial charge on any atom is -0.507 e. The van der Waals surface area contributed by atoms with Crippen molar-refractivity contribution < 1.29 is 10.3 Å². The third-order valence-electron chi connectivity index (χ3n) is 2.31. The molecule has 2 aromatic carbocycles. The first-order valence-electron chi connectivity index (χ1n) is 4.89. The minimum atomic E-state index is 0.0964. The van der Waals surface area contributed by atoms with Crippen LogP contribution in [0, 0.1) is 0 Å². The molecule has 0 atom stereocenters. The van der Waals surface area contributed by atoms with Crippen LogP contribution in [0.25, 0.3) is 0 Å². The highest BCUT2D eigenvalue weighted by molar-refractivity contribution is 6.14. The zero-order valence-electron chi connectivity index (χ0n) is 8.54. The number of rotatable bonds is 2. The van der Waals surface area contributed by atoms with E-state index in [1.165, 1.54) is 0 Å². The number of para-hydroxylation sites is 1. The van der Waals surface area contributed by atoms with Gasteiger partial charge in [0, 0.05) is 11.1 Å². The molecule has 80 valence electrons. The molecule has 2 rings (SSSR count). The van der Waals surface area contributed by atoms with Gasteiger partial charge in [-0.2, -0.15) is 0 Å². The second kappa shape index (κ2) is 4.49. The van der Waals surface area contributed by atoms with Crippen LogP contribution in [0.2, 0.25) is 0 Å². The van der Waals surface area contributed by atoms with Crippen LogP contribution >= 0.6 is 0 Å². The number of hydrogen-bond acceptors (Lipinski definition) is 3. The molecular formula is C13H11NO2. The van der Waals surface area contributed by atoms with Gasteiger partial charge in [0.25, 0.3) is 0 Å². The van der Waals surface area contributed by atoms with Crippen molar-refractivity contribution >= 4 is 5.71 Å². The molecule has 0 fully saturated rings. The average Bonchev–Trinajstić information content (AvgIpc) is 2.34. The van der Waals surface area contributed by atoms with Crippen molar-refractivity contribution in [2.24, 2.45) is 5.16 Å². The summed E-state index contributed by atoms with van der Waals surface area (Å²) in [5.74, 6) is 0.0964. The molecule has 0 heterocycles. The Morgan fingerprint density at radius 2 is 1.50 bits per heavy atom. The first-order chi connectivity index (χ1) is 7.83. The van der Waals surface area contributed by atoms with Crippen molar-refractivity contribution in [3.63, 3.8) is 0 Å². The van der Waals surface area contributed by atoms with Gasteiger partial charge in [0.15, 0.2) is 0 Å². The highest BCUT2D eigenvalue weighted by atomic mass is 16.4. The topological polar surface area (TPSA) is 52.8 Å². The Morgan fingerprint density at radius 1 is 0.875 bits per heavy atom. The van der Waals surface area contributed by atoms with Crippen LogP contribution < -0.4 is 0 Å². The number of benzene rings is 2. The first-order valence-corrected chi connectivity index (χ1v) is 4.89. The van der Waals surface area contributed by atoms with Crippen LogP contribution in [0.1, 0.15) is 11.1 Å². The average molecular weight is 213 g/mol. The number of nitrogens with zero attached hydrogens (tertiary/aromatic N) is 1. The van der Waals surface area contributed by atoms with Gasteiger partial charge < -0.3 is 10.3 Å². The molecule has 0 spiro atoms. The largest absolute Gasteiger partial charge is 0.507 e. The van der Waals surface area contributed by atoms with Crippen LogP contribution in [-0.2, 0) is 0 Å². The smallest absolute Gasteiger partial charge is 0.125 e. The number of aromatic hydroxyl groups is 1. The molecule has 16 heavy (non-hydrogen) atoms. The molecule has 0 saturated carbocycles. The van der Waals surface area contributed by atoms with E-state index in [0.29, 0.717) is 11.3 Å². The number of phenolic OH excluding ortho intramolecular Hbond substituents is 1. The summed E-state index contributed by atoms with van der Waals surface area (Å²) in [5.41, 5.74) is 1.63. The lowest BCUT2D eigenvalue weighted by Crippen LogP contribution is -2.03. The molecule has 0 bridgehead atoms. The standard InChI is InChI=1S/C13H11NO2/c15-12-9-5-4-8-11(12)13(14-16)10-6-2-1-3-7-10/h1-9,15-16H/b14-13-. The molecule has 2 N–H and O–H groups in total. The van der Waals surface area contributed by atoms with Crippen LogP contribution in [0.5, 0.6) is 5.75 Å². The lowest BCUT2D eigenvalue weighted by Gasteiger charge is -2.06. The fraction of sp³-hybridized carbons (Fsp3) is 0. The van der Waals surface area contributed by atoms with Crippen molar-refractivity contribution in [1.29, 1.82) is 0 Å². The molecule has 3 heteroatoms. The minimum absolute atomic E-state index is 0.0964. The fourth-order valence-electron chi connectivity index (χ4n) is 1.54. The highest BCUT2D eigenvalue weighted by Gasteiger charge is 2.10. The lowest BCUT2D eigenvalue weighted by atomic mass is 10.0. The van der Waals surface area contributed by atoms with Gasteiger partial charge in [-0.3, -0.25) is 0 Å². The maximum Gasteiger partial charge on any atom is 0.125 e. The SMILES string of the molecule is O/N=C(/c1ccccc1)c1ccccc1O. The van der Waals surface area contributed by atoms with Gasteiger partial charge in [-0.1, -0.05) is 47.6 Å². The summed E-state index contributed by atoms with van der Waals surface area (Å²) >= 11 is 0. The second-order valence-corrected chi connectivity index (χ2v) is 3.33. The summed E-state index contributed by atoms with van der Waals surface area (Å²) < 4.78 is 0. The van der Waals surface area contributed by atoms with E-state index >= 15 is 0 Å². The van der Waals surface area contributed by atoms with E-state index in [4.69, 9.17) is 5.21 Å². The zero-order chi connectivity index (χ0) is 11.4. The third-order valence-corrected chi connectivity index (χ3v) is 2.31. The van der Waals surface area contributed by atoms with E-state index in [0.717, 1.165) is 5.56 Å². The molecule has 3 nitrogen and oxygen atoms in total. The van der Waals surface area contributed by atoms with Gasteiger partial charge in [0.2, 0.25) is 0 Å². The lowest BCUT2D eigenvalue weighted by molar-refractivity contribution is 0.319. The monoisotopic (exact) mass is 213 g/mol. The first kappa shape index (κ1) is 10.2. The number of phenols is 1. The van der Waals surface area contributed by atoms with Crippen molar-refractivity contribution in [3.05, 3.63) is 65.7 Å². The van der Waals surface area contributed by atoms with Crippen LogP contribution in [0.3, 0.4) is 0 Å². The summed E-state index contributed by atoms with van der Waals surface area (Å²) in [6, 6.07) is 16.0. The molecule has 0 aliphatic heterocycles. The van der Waals surface area contributed by atoms with E-state index in [1.807, 2.05) is 30.3 Å². The molecule has 0 saturated heterocycles. The molecular weight excluding hydrogens is 202 g/mol. The van der Waals surface area contributed by atoms with Crippen LogP contribution in [-0.4, -0.2) is 16.0 Å². The quantitative estimate of drug-likeness (QED) is 0.457. The van der Waals surface area contributed by atoms with Crippen LogP contribution in [0.15, 0.2) is 59.8 Å². The maximum absolute atomic E-state index is 9.68. The van der Waals surface area contributed by atoms with E-state index in [9.17, 15) is 5.11 Å². The van der Waals surface area contributed by atoms with Gasteiger partial charge in [-0.25, -0.2) is 0 Å². The van der Waals surface area contributed by atoms with Gasteiger partial charge in [-0.15, -0.1) is 0 Å². The summed E-state index contributed by atoms with van der Waals surface area (Å²) in [7, 11) is 0. The van der Waals surface area contributed by atoms with Gasteiger partial charge in [0.05, 0.1) is 0 Å². The molecule has 0 aliphatic rings. The summed E-state index contributed by atoms with van der Waals surface area (Å²) in [6.07, 6.45) is 0. The number of oxime groups is 1. The third kappa shape index (κ3) is 1.88. The molecule has 0 aromatic heterocycles. The van der Waals surface area contributed by atoms with Gasteiger partial charge >= 0.3 is 0 Å².